The molecule has 1 fully saturated rings. The number of rotatable bonds is 7. The summed E-state index contributed by atoms with van der Waals surface area (Å²) in [4.78, 5) is 14.3. The molecule has 2 N–H and O–H groups in total. The number of aliphatic hydroxyl groups excluding tert-OH is 1. The third-order valence-corrected chi connectivity index (χ3v) is 7.85. The summed E-state index contributed by atoms with van der Waals surface area (Å²) in [6.07, 6.45) is 0. The smallest absolute Gasteiger partial charge is 0.225 e. The van der Waals surface area contributed by atoms with Gasteiger partial charge in [0, 0.05) is 46.3 Å². The largest absolute Gasteiger partial charge is 0.392 e. The van der Waals surface area contributed by atoms with E-state index in [-0.39, 0.29) is 6.61 Å². The average Bonchev–Trinajstić information content (AvgIpc) is 2.88. The predicted octanol–water partition coefficient (Wildman–Crippen LogP) is 5.44. The second-order valence-electron chi connectivity index (χ2n) is 7.82. The number of benzene rings is 3. The van der Waals surface area contributed by atoms with Crippen LogP contribution in [0.15, 0.2) is 82.6 Å². The summed E-state index contributed by atoms with van der Waals surface area (Å²) in [6, 6.07) is 24.6. The number of nitrogens with one attached hydrogen (secondary N) is 1. The van der Waals surface area contributed by atoms with Crippen LogP contribution in [0.1, 0.15) is 11.1 Å². The van der Waals surface area contributed by atoms with Crippen LogP contribution in [-0.2, 0) is 13.2 Å². The van der Waals surface area contributed by atoms with Crippen molar-refractivity contribution in [2.75, 3.05) is 34.8 Å². The first kappa shape index (κ1) is 22.1. The van der Waals surface area contributed by atoms with Crippen molar-refractivity contribution in [3.05, 3.63) is 83.9 Å². The van der Waals surface area contributed by atoms with Crippen molar-refractivity contribution in [3.8, 4) is 0 Å². The van der Waals surface area contributed by atoms with Crippen LogP contribution < -0.4 is 10.2 Å². The second kappa shape index (κ2) is 10.5. The molecule has 0 bridgehead atoms. The van der Waals surface area contributed by atoms with E-state index in [1.165, 1.54) is 5.56 Å². The molecule has 0 atom stereocenters. The van der Waals surface area contributed by atoms with Gasteiger partial charge in [0.15, 0.2) is 0 Å². The molecule has 33 heavy (non-hydrogen) atoms. The molecule has 3 aromatic carbocycles. The SMILES string of the molecule is OCc1ccccc1Sc1ccccc1CNc1nc(N2CCSCC2)c2ccccc2n1. The van der Waals surface area contributed by atoms with Crippen LogP contribution in [0.5, 0.6) is 0 Å². The van der Waals surface area contributed by atoms with Crippen LogP contribution in [-0.4, -0.2) is 39.7 Å². The Hall–Kier alpha value is -2.74. The standard InChI is InChI=1S/C26H26N4OS2/c31-18-20-8-2-6-12-24(20)33-23-11-5-1-7-19(23)17-27-26-28-22-10-4-3-9-21(22)25(29-26)30-13-15-32-16-14-30/h1-12,31H,13-18H2,(H,27,28,29). The molecule has 2 heterocycles. The number of anilines is 2. The number of aliphatic hydroxyl groups is 1. The van der Waals surface area contributed by atoms with Crippen molar-refractivity contribution < 1.29 is 5.11 Å². The van der Waals surface area contributed by atoms with Gasteiger partial charge in [-0.3, -0.25) is 0 Å². The molecule has 0 aliphatic carbocycles. The molecule has 7 heteroatoms. The summed E-state index contributed by atoms with van der Waals surface area (Å²) in [5.74, 6) is 3.92. The van der Waals surface area contributed by atoms with E-state index in [0.29, 0.717) is 12.5 Å². The third-order valence-electron chi connectivity index (χ3n) is 5.67. The quantitative estimate of drug-likeness (QED) is 0.370. The van der Waals surface area contributed by atoms with E-state index in [1.54, 1.807) is 11.8 Å². The van der Waals surface area contributed by atoms with Crippen molar-refractivity contribution in [3.63, 3.8) is 0 Å². The van der Waals surface area contributed by atoms with Crippen LogP contribution >= 0.6 is 23.5 Å². The second-order valence-corrected chi connectivity index (χ2v) is 10.1. The minimum absolute atomic E-state index is 0.0340. The zero-order valence-corrected chi connectivity index (χ0v) is 19.9. The van der Waals surface area contributed by atoms with E-state index in [0.717, 1.165) is 56.7 Å². The average molecular weight is 475 g/mol. The lowest BCUT2D eigenvalue weighted by molar-refractivity contribution is 0.279. The molecule has 5 rings (SSSR count). The molecular formula is C26H26N4OS2. The summed E-state index contributed by atoms with van der Waals surface area (Å²) < 4.78 is 0. The Morgan fingerprint density at radius 2 is 1.52 bits per heavy atom. The molecule has 0 spiro atoms. The highest BCUT2D eigenvalue weighted by Gasteiger charge is 2.17. The lowest BCUT2D eigenvalue weighted by atomic mass is 10.2. The molecule has 1 aliphatic heterocycles. The van der Waals surface area contributed by atoms with Gasteiger partial charge < -0.3 is 15.3 Å². The number of para-hydroxylation sites is 1. The Morgan fingerprint density at radius 3 is 2.30 bits per heavy atom. The van der Waals surface area contributed by atoms with Gasteiger partial charge in [0.05, 0.1) is 12.1 Å². The Bertz CT molecular complexity index is 1240. The van der Waals surface area contributed by atoms with E-state index in [9.17, 15) is 5.11 Å². The molecule has 1 aromatic heterocycles. The van der Waals surface area contributed by atoms with Crippen molar-refractivity contribution in [2.24, 2.45) is 0 Å². The lowest BCUT2D eigenvalue weighted by Crippen LogP contribution is -2.33. The zero-order valence-electron chi connectivity index (χ0n) is 18.3. The van der Waals surface area contributed by atoms with Crippen LogP contribution in [0.25, 0.3) is 10.9 Å². The Morgan fingerprint density at radius 1 is 0.848 bits per heavy atom. The number of nitrogens with zero attached hydrogens (tertiary/aromatic N) is 3. The fourth-order valence-electron chi connectivity index (χ4n) is 3.93. The van der Waals surface area contributed by atoms with Gasteiger partial charge in [-0.15, -0.1) is 0 Å². The normalized spacial score (nSPS) is 13.9. The monoisotopic (exact) mass is 474 g/mol. The van der Waals surface area contributed by atoms with Gasteiger partial charge in [-0.2, -0.15) is 16.7 Å². The maximum Gasteiger partial charge on any atom is 0.225 e. The van der Waals surface area contributed by atoms with Crippen molar-refractivity contribution >= 4 is 46.2 Å². The molecule has 1 saturated heterocycles. The van der Waals surface area contributed by atoms with Gasteiger partial charge in [0.1, 0.15) is 5.82 Å². The zero-order chi connectivity index (χ0) is 22.5. The van der Waals surface area contributed by atoms with Gasteiger partial charge in [0.2, 0.25) is 5.95 Å². The molecule has 5 nitrogen and oxygen atoms in total. The highest BCUT2D eigenvalue weighted by Crippen LogP contribution is 2.33. The lowest BCUT2D eigenvalue weighted by Gasteiger charge is -2.28. The number of aromatic nitrogens is 2. The van der Waals surface area contributed by atoms with E-state index < -0.39 is 0 Å². The Kier molecular flexibility index (Phi) is 7.00. The van der Waals surface area contributed by atoms with Crippen LogP contribution in [0.3, 0.4) is 0 Å². The number of fused-ring (bicyclic) bond motifs is 1. The number of hydrogen-bond donors (Lipinski definition) is 2. The van der Waals surface area contributed by atoms with Crippen LogP contribution in [0.2, 0.25) is 0 Å². The molecule has 0 unspecified atom stereocenters. The third kappa shape index (κ3) is 5.11. The maximum absolute atomic E-state index is 9.69. The summed E-state index contributed by atoms with van der Waals surface area (Å²) in [7, 11) is 0. The molecule has 168 valence electrons. The summed E-state index contributed by atoms with van der Waals surface area (Å²) >= 11 is 3.67. The van der Waals surface area contributed by atoms with E-state index in [1.807, 2.05) is 42.1 Å². The minimum Gasteiger partial charge on any atom is -0.392 e. The molecule has 4 aromatic rings. The van der Waals surface area contributed by atoms with Gasteiger partial charge >= 0.3 is 0 Å². The molecule has 0 radical (unpaired) electrons. The van der Waals surface area contributed by atoms with Crippen LogP contribution in [0.4, 0.5) is 11.8 Å². The first-order valence-electron chi connectivity index (χ1n) is 11.1. The Balaban J connectivity index is 1.40. The van der Waals surface area contributed by atoms with Crippen molar-refractivity contribution in [1.82, 2.24) is 9.97 Å². The number of thioether (sulfide) groups is 1. The highest BCUT2D eigenvalue weighted by atomic mass is 32.2. The highest BCUT2D eigenvalue weighted by molar-refractivity contribution is 7.99. The molecular weight excluding hydrogens is 448 g/mol. The van der Waals surface area contributed by atoms with E-state index >= 15 is 0 Å². The van der Waals surface area contributed by atoms with E-state index in [2.05, 4.69) is 52.7 Å². The molecule has 0 amide bonds. The topological polar surface area (TPSA) is 61.3 Å². The minimum atomic E-state index is 0.0340. The van der Waals surface area contributed by atoms with Crippen molar-refractivity contribution in [2.45, 2.75) is 22.9 Å². The number of hydrogen-bond acceptors (Lipinski definition) is 7. The fourth-order valence-corrected chi connectivity index (χ4v) is 5.90. The predicted molar refractivity (Wildman–Crippen MR) is 139 cm³/mol. The maximum atomic E-state index is 9.69. The molecule has 0 saturated carbocycles. The van der Waals surface area contributed by atoms with Gasteiger partial charge in [0.25, 0.3) is 0 Å². The van der Waals surface area contributed by atoms with Gasteiger partial charge in [-0.05, 0) is 35.4 Å². The first-order valence-corrected chi connectivity index (χ1v) is 13.1. The first-order chi connectivity index (χ1) is 16.3. The van der Waals surface area contributed by atoms with Gasteiger partial charge in [-0.1, -0.05) is 60.3 Å². The van der Waals surface area contributed by atoms with Crippen LogP contribution in [0, 0.1) is 0 Å². The summed E-state index contributed by atoms with van der Waals surface area (Å²) in [5, 5.41) is 14.3. The van der Waals surface area contributed by atoms with E-state index in [4.69, 9.17) is 9.97 Å². The van der Waals surface area contributed by atoms with Crippen molar-refractivity contribution in [1.29, 1.82) is 0 Å². The Labute approximate surface area is 202 Å². The van der Waals surface area contributed by atoms with Gasteiger partial charge in [-0.25, -0.2) is 4.98 Å². The fraction of sp³-hybridized carbons (Fsp3) is 0.231. The summed E-state index contributed by atoms with van der Waals surface area (Å²) in [6.45, 7) is 2.67. The molecule has 1 aliphatic rings. The summed E-state index contributed by atoms with van der Waals surface area (Å²) in [5.41, 5.74) is 3.07.